The Kier molecular flexibility index (Phi) is 4.98. The maximum atomic E-state index is 12.1. The van der Waals surface area contributed by atoms with Crippen molar-refractivity contribution in [2.24, 2.45) is 0 Å². The Hall–Kier alpha value is -1.86. The van der Waals surface area contributed by atoms with Crippen LogP contribution in [0.1, 0.15) is 19.0 Å². The van der Waals surface area contributed by atoms with Gasteiger partial charge < -0.3 is 10.0 Å². The number of halogens is 1. The first kappa shape index (κ1) is 15.5. The van der Waals surface area contributed by atoms with Gasteiger partial charge in [0.25, 0.3) is 0 Å². The summed E-state index contributed by atoms with van der Waals surface area (Å²) in [5.41, 5.74) is 0.605. The average Bonchev–Trinajstić information content (AvgIpc) is 2.96. The third kappa shape index (κ3) is 3.62. The van der Waals surface area contributed by atoms with E-state index in [2.05, 4.69) is 4.98 Å². The van der Waals surface area contributed by atoms with Crippen LogP contribution >= 0.6 is 22.9 Å². The predicted molar refractivity (Wildman–Crippen MR) is 81.6 cm³/mol. The van der Waals surface area contributed by atoms with Crippen LogP contribution in [0, 0.1) is 0 Å². The average molecular weight is 328 g/mol. The van der Waals surface area contributed by atoms with Crippen molar-refractivity contribution >= 4 is 45.9 Å². The molecule has 0 radical (unpaired) electrons. The lowest BCUT2D eigenvalue weighted by Gasteiger charge is -2.17. The number of hydrogen-bond donors (Lipinski definition) is 1. The Labute approximate surface area is 130 Å². The summed E-state index contributed by atoms with van der Waals surface area (Å²) in [5.74, 6) is -1.40. The smallest absolute Gasteiger partial charge is 0.323 e. The van der Waals surface area contributed by atoms with Gasteiger partial charge in [-0.25, -0.2) is 4.98 Å². The van der Waals surface area contributed by atoms with Crippen LogP contribution in [0.5, 0.6) is 0 Å². The van der Waals surface area contributed by atoms with E-state index >= 15 is 0 Å². The molecule has 0 aliphatic rings. The third-order valence-corrected chi connectivity index (χ3v) is 3.80. The van der Waals surface area contributed by atoms with Crippen molar-refractivity contribution in [3.05, 3.63) is 28.5 Å². The molecule has 0 spiro atoms. The SMILES string of the molecule is CCCN(CC(=O)O)C(=O)/C=C/c1c(Cl)nc2sccn12. The lowest BCUT2D eigenvalue weighted by molar-refractivity contribution is -0.142. The first-order valence-electron chi connectivity index (χ1n) is 6.32. The lowest BCUT2D eigenvalue weighted by atomic mass is 10.3. The van der Waals surface area contributed by atoms with E-state index in [-0.39, 0.29) is 12.5 Å². The molecule has 21 heavy (non-hydrogen) atoms. The van der Waals surface area contributed by atoms with Gasteiger partial charge in [0, 0.05) is 24.2 Å². The highest BCUT2D eigenvalue weighted by Crippen LogP contribution is 2.22. The van der Waals surface area contributed by atoms with E-state index in [1.54, 1.807) is 10.5 Å². The van der Waals surface area contributed by atoms with Gasteiger partial charge in [0.1, 0.15) is 6.54 Å². The maximum absolute atomic E-state index is 12.1. The van der Waals surface area contributed by atoms with Crippen LogP contribution in [-0.4, -0.2) is 44.4 Å². The van der Waals surface area contributed by atoms with E-state index in [0.717, 1.165) is 4.96 Å². The number of thiazole rings is 1. The van der Waals surface area contributed by atoms with Gasteiger partial charge in [-0.15, -0.1) is 11.3 Å². The largest absolute Gasteiger partial charge is 0.480 e. The molecule has 2 heterocycles. The van der Waals surface area contributed by atoms with Gasteiger partial charge in [0.2, 0.25) is 5.91 Å². The van der Waals surface area contributed by atoms with Crippen molar-refractivity contribution < 1.29 is 14.7 Å². The number of amides is 1. The number of aliphatic carboxylic acids is 1. The monoisotopic (exact) mass is 327 g/mol. The predicted octanol–water partition coefficient (Wildman–Crippen LogP) is 2.39. The van der Waals surface area contributed by atoms with Gasteiger partial charge >= 0.3 is 5.97 Å². The molecule has 0 aromatic carbocycles. The number of carboxylic acids is 1. The quantitative estimate of drug-likeness (QED) is 0.827. The van der Waals surface area contributed by atoms with Gasteiger partial charge in [-0.2, -0.15) is 0 Å². The number of hydrogen-bond acceptors (Lipinski definition) is 4. The van der Waals surface area contributed by atoms with Crippen LogP contribution in [-0.2, 0) is 9.59 Å². The molecule has 0 aliphatic heterocycles. The minimum atomic E-state index is -1.03. The van der Waals surface area contributed by atoms with E-state index in [9.17, 15) is 9.59 Å². The zero-order valence-corrected chi connectivity index (χ0v) is 12.9. The van der Waals surface area contributed by atoms with Crippen LogP contribution in [0.2, 0.25) is 5.15 Å². The summed E-state index contributed by atoms with van der Waals surface area (Å²) in [7, 11) is 0. The van der Waals surface area contributed by atoms with Crippen LogP contribution in [0.25, 0.3) is 11.0 Å². The van der Waals surface area contributed by atoms with Crippen LogP contribution < -0.4 is 0 Å². The topological polar surface area (TPSA) is 74.9 Å². The highest BCUT2D eigenvalue weighted by molar-refractivity contribution is 7.15. The van der Waals surface area contributed by atoms with Crippen LogP contribution in [0.3, 0.4) is 0 Å². The number of imidazole rings is 1. The lowest BCUT2D eigenvalue weighted by Crippen LogP contribution is -2.35. The van der Waals surface area contributed by atoms with E-state index in [1.165, 1.54) is 22.3 Å². The Morgan fingerprint density at radius 3 is 3.00 bits per heavy atom. The molecule has 0 saturated heterocycles. The molecule has 0 atom stereocenters. The van der Waals surface area contributed by atoms with Gasteiger partial charge in [-0.05, 0) is 12.5 Å². The summed E-state index contributed by atoms with van der Waals surface area (Å²) in [6.45, 7) is 1.96. The fourth-order valence-electron chi connectivity index (χ4n) is 1.88. The van der Waals surface area contributed by atoms with E-state index in [0.29, 0.717) is 23.8 Å². The van der Waals surface area contributed by atoms with Gasteiger partial charge in [-0.3, -0.25) is 14.0 Å². The van der Waals surface area contributed by atoms with E-state index in [1.807, 2.05) is 18.5 Å². The normalized spacial score (nSPS) is 11.3. The van der Waals surface area contributed by atoms with E-state index in [4.69, 9.17) is 16.7 Å². The molecule has 2 rings (SSSR count). The van der Waals surface area contributed by atoms with Crippen LogP contribution in [0.15, 0.2) is 17.7 Å². The number of aromatic nitrogens is 2. The molecule has 6 nitrogen and oxygen atoms in total. The summed E-state index contributed by atoms with van der Waals surface area (Å²) in [5, 5.41) is 11.0. The zero-order chi connectivity index (χ0) is 15.4. The number of carboxylic acid groups (broad SMARTS) is 1. The standard InChI is InChI=1S/C13H14ClN3O3S/c1-2-5-16(8-11(19)20)10(18)4-3-9-12(14)15-13-17(9)6-7-21-13/h3-4,6-7H,2,5,8H2,1H3,(H,19,20)/b4-3+. The first-order valence-corrected chi connectivity index (χ1v) is 7.58. The minimum Gasteiger partial charge on any atom is -0.480 e. The molecule has 112 valence electrons. The first-order chi connectivity index (χ1) is 10.0. The molecule has 8 heteroatoms. The number of nitrogens with zero attached hydrogens (tertiary/aromatic N) is 3. The summed E-state index contributed by atoms with van der Waals surface area (Å²) in [6, 6.07) is 0. The molecule has 0 fully saturated rings. The molecular formula is C13H14ClN3O3S. The zero-order valence-electron chi connectivity index (χ0n) is 11.3. The third-order valence-electron chi connectivity index (χ3n) is 2.77. The van der Waals surface area contributed by atoms with Crippen molar-refractivity contribution in [2.45, 2.75) is 13.3 Å². The van der Waals surface area contributed by atoms with Crippen molar-refractivity contribution in [3.63, 3.8) is 0 Å². The minimum absolute atomic E-state index is 0.311. The van der Waals surface area contributed by atoms with Crippen molar-refractivity contribution in [2.75, 3.05) is 13.1 Å². The fraction of sp³-hybridized carbons (Fsp3) is 0.308. The molecule has 0 aliphatic carbocycles. The Morgan fingerprint density at radius 1 is 1.57 bits per heavy atom. The molecule has 0 saturated carbocycles. The number of rotatable bonds is 6. The molecule has 1 amide bonds. The Balaban J connectivity index is 2.18. The molecule has 0 bridgehead atoms. The number of carbonyl (C=O) groups is 2. The molecule has 2 aromatic rings. The van der Waals surface area contributed by atoms with E-state index < -0.39 is 5.97 Å². The molecular weight excluding hydrogens is 314 g/mol. The summed E-state index contributed by atoms with van der Waals surface area (Å²) in [6.07, 6.45) is 5.38. The number of carbonyl (C=O) groups excluding carboxylic acids is 1. The second-order valence-corrected chi connectivity index (χ2v) is 5.56. The molecule has 2 aromatic heterocycles. The molecule has 1 N–H and O–H groups in total. The van der Waals surface area contributed by atoms with Gasteiger partial charge in [0.05, 0.1) is 5.69 Å². The summed E-state index contributed by atoms with van der Waals surface area (Å²) in [4.78, 5) is 29.0. The fourth-order valence-corrected chi connectivity index (χ4v) is 2.89. The second kappa shape index (κ2) is 6.73. The van der Waals surface area contributed by atoms with Gasteiger partial charge in [-0.1, -0.05) is 18.5 Å². The Morgan fingerprint density at radius 2 is 2.33 bits per heavy atom. The number of fused-ring (bicyclic) bond motifs is 1. The maximum Gasteiger partial charge on any atom is 0.323 e. The highest BCUT2D eigenvalue weighted by atomic mass is 35.5. The van der Waals surface area contributed by atoms with Crippen LogP contribution in [0.4, 0.5) is 0 Å². The highest BCUT2D eigenvalue weighted by Gasteiger charge is 2.14. The van der Waals surface area contributed by atoms with Gasteiger partial charge in [0.15, 0.2) is 10.1 Å². The van der Waals surface area contributed by atoms with Crippen molar-refractivity contribution in [1.29, 1.82) is 0 Å². The van der Waals surface area contributed by atoms with Crippen molar-refractivity contribution in [3.8, 4) is 0 Å². The summed E-state index contributed by atoms with van der Waals surface area (Å²) < 4.78 is 1.78. The van der Waals surface area contributed by atoms with Crippen molar-refractivity contribution in [1.82, 2.24) is 14.3 Å². The molecule has 0 unspecified atom stereocenters. The second-order valence-electron chi connectivity index (χ2n) is 4.33. The Bertz CT molecular complexity index is 692. The summed E-state index contributed by atoms with van der Waals surface area (Å²) >= 11 is 7.46.